The van der Waals surface area contributed by atoms with E-state index >= 15 is 0 Å². The number of aromatic nitrogens is 2. The zero-order valence-corrected chi connectivity index (χ0v) is 29.9. The van der Waals surface area contributed by atoms with Gasteiger partial charge < -0.3 is 14.9 Å². The van der Waals surface area contributed by atoms with Gasteiger partial charge in [0.2, 0.25) is 0 Å². The van der Waals surface area contributed by atoms with Gasteiger partial charge in [-0.15, -0.1) is 0 Å². The van der Waals surface area contributed by atoms with Crippen LogP contribution < -0.4 is 5.32 Å². The van der Waals surface area contributed by atoms with E-state index in [4.69, 9.17) is 0 Å². The topological polar surface area (TPSA) is 32.8 Å². The number of nitrogens with zero attached hydrogens (tertiary/aromatic N) is 1. The van der Waals surface area contributed by atoms with E-state index in [2.05, 4.69) is 210 Å². The molecule has 0 spiro atoms. The average Bonchev–Trinajstić information content (AvgIpc) is 3.76. The molecule has 2 atom stereocenters. The maximum absolute atomic E-state index is 4.05. The number of aromatic amines is 1. The van der Waals surface area contributed by atoms with E-state index in [1.54, 1.807) is 0 Å². The second kappa shape index (κ2) is 11.8. The molecular weight excluding hydrogens is 655 g/mol. The summed E-state index contributed by atoms with van der Waals surface area (Å²) >= 11 is 0. The number of benzene rings is 7. The number of para-hydroxylation sites is 2. The van der Waals surface area contributed by atoms with Gasteiger partial charge in [0.25, 0.3) is 0 Å². The van der Waals surface area contributed by atoms with Gasteiger partial charge in [-0.05, 0) is 89.2 Å². The van der Waals surface area contributed by atoms with E-state index < -0.39 is 0 Å². The molecule has 0 bridgehead atoms. The first kappa shape index (κ1) is 30.8. The van der Waals surface area contributed by atoms with Crippen molar-refractivity contribution in [3.63, 3.8) is 0 Å². The molecule has 2 aliphatic rings. The lowest BCUT2D eigenvalue weighted by molar-refractivity contribution is 0.519. The second-order valence-electron chi connectivity index (χ2n) is 14.9. The molecule has 54 heavy (non-hydrogen) atoms. The summed E-state index contributed by atoms with van der Waals surface area (Å²) < 4.78 is 2.43. The second-order valence-corrected chi connectivity index (χ2v) is 14.9. The SMILES string of the molecule is CC1(Nc2ccc(-c3ccc4c(c3)c3ccccc3n4-c3cccc4ccccc34)cc2-c2ccc3[nH]c4ccccc4c3c2)C=CC=C2C=CC=CC21. The minimum Gasteiger partial charge on any atom is -0.375 e. The molecule has 0 radical (unpaired) electrons. The van der Waals surface area contributed by atoms with E-state index in [-0.39, 0.29) is 11.5 Å². The first-order valence-corrected chi connectivity index (χ1v) is 18.8. The molecule has 0 saturated carbocycles. The van der Waals surface area contributed by atoms with E-state index in [1.165, 1.54) is 76.9 Å². The Morgan fingerprint density at radius 3 is 2.24 bits per heavy atom. The molecular formula is C51H37N3. The first-order chi connectivity index (χ1) is 26.6. The van der Waals surface area contributed by atoms with Crippen molar-refractivity contribution in [2.75, 3.05) is 5.32 Å². The van der Waals surface area contributed by atoms with Crippen molar-refractivity contribution >= 4 is 60.1 Å². The van der Waals surface area contributed by atoms with Crippen LogP contribution in [-0.2, 0) is 0 Å². The van der Waals surface area contributed by atoms with Crippen LogP contribution in [0.5, 0.6) is 0 Å². The van der Waals surface area contributed by atoms with Crippen LogP contribution in [0.15, 0.2) is 194 Å². The molecule has 11 rings (SSSR count). The molecule has 2 N–H and O–H groups in total. The number of hydrogen-bond acceptors (Lipinski definition) is 1. The molecule has 2 heterocycles. The van der Waals surface area contributed by atoms with Gasteiger partial charge in [-0.2, -0.15) is 0 Å². The summed E-state index contributed by atoms with van der Waals surface area (Å²) in [5.74, 6) is 0.234. The van der Waals surface area contributed by atoms with E-state index in [1.807, 2.05) is 0 Å². The summed E-state index contributed by atoms with van der Waals surface area (Å²) in [6.07, 6.45) is 15.6. The van der Waals surface area contributed by atoms with Crippen molar-refractivity contribution in [1.29, 1.82) is 0 Å². The standard InChI is InChI=1S/C51H37N3/c1-51(29-11-15-34-13-3-7-19-44(34)51)53-47-27-23-35(30-41(47)37-24-26-46-42(32-37)39-17-5-8-20-45(39)52-46)36-25-28-50-43(31-36)40-18-6-9-21-49(40)54(50)48-22-10-14-33-12-2-4-16-38(33)48/h2-32,44,52-53H,1H3. The minimum atomic E-state index is -0.297. The van der Waals surface area contributed by atoms with E-state index in [0.29, 0.717) is 0 Å². The zero-order chi connectivity index (χ0) is 35.8. The zero-order valence-electron chi connectivity index (χ0n) is 29.9. The number of hydrogen-bond donors (Lipinski definition) is 2. The van der Waals surface area contributed by atoms with Crippen LogP contribution in [0.3, 0.4) is 0 Å². The molecule has 7 aromatic carbocycles. The smallest absolute Gasteiger partial charge is 0.0634 e. The largest absolute Gasteiger partial charge is 0.375 e. The van der Waals surface area contributed by atoms with E-state index in [9.17, 15) is 0 Å². The first-order valence-electron chi connectivity index (χ1n) is 18.8. The van der Waals surface area contributed by atoms with Gasteiger partial charge in [-0.3, -0.25) is 0 Å². The van der Waals surface area contributed by atoms with Crippen molar-refractivity contribution in [3.05, 3.63) is 194 Å². The Labute approximate surface area is 313 Å². The summed E-state index contributed by atoms with van der Waals surface area (Å²) in [5.41, 5.74) is 12.8. The molecule has 0 fully saturated rings. The van der Waals surface area contributed by atoms with Gasteiger partial charge in [-0.25, -0.2) is 0 Å². The van der Waals surface area contributed by atoms with Crippen LogP contribution in [0.2, 0.25) is 0 Å². The number of allylic oxidation sites excluding steroid dienone is 5. The highest BCUT2D eigenvalue weighted by atomic mass is 15.0. The Morgan fingerprint density at radius 1 is 0.574 bits per heavy atom. The molecule has 0 aliphatic heterocycles. The fourth-order valence-electron chi connectivity index (χ4n) is 9.04. The lowest BCUT2D eigenvalue weighted by Gasteiger charge is -2.39. The van der Waals surface area contributed by atoms with Crippen molar-refractivity contribution in [2.45, 2.75) is 12.5 Å². The van der Waals surface area contributed by atoms with Gasteiger partial charge in [-0.1, -0.05) is 134 Å². The van der Waals surface area contributed by atoms with Gasteiger partial charge >= 0.3 is 0 Å². The van der Waals surface area contributed by atoms with Crippen LogP contribution in [0.4, 0.5) is 5.69 Å². The molecule has 2 aromatic heterocycles. The van der Waals surface area contributed by atoms with Crippen LogP contribution in [0.25, 0.3) is 82.3 Å². The summed E-state index contributed by atoms with van der Waals surface area (Å²) in [6.45, 7) is 2.31. The van der Waals surface area contributed by atoms with Crippen molar-refractivity contribution in [2.24, 2.45) is 5.92 Å². The van der Waals surface area contributed by atoms with Gasteiger partial charge in [0, 0.05) is 55.1 Å². The molecule has 2 aliphatic carbocycles. The Kier molecular flexibility index (Phi) is 6.74. The monoisotopic (exact) mass is 691 g/mol. The summed E-state index contributed by atoms with van der Waals surface area (Å²) in [7, 11) is 0. The third-order valence-electron chi connectivity index (χ3n) is 11.7. The normalized spacial score (nSPS) is 17.9. The highest BCUT2D eigenvalue weighted by molar-refractivity contribution is 6.12. The number of anilines is 1. The number of H-pyrrole nitrogens is 1. The highest BCUT2D eigenvalue weighted by Gasteiger charge is 2.35. The molecule has 0 amide bonds. The number of fused-ring (bicyclic) bond motifs is 8. The highest BCUT2D eigenvalue weighted by Crippen LogP contribution is 2.43. The van der Waals surface area contributed by atoms with Gasteiger partial charge in [0.05, 0.1) is 22.3 Å². The van der Waals surface area contributed by atoms with Crippen LogP contribution in [0.1, 0.15) is 6.92 Å². The lowest BCUT2D eigenvalue weighted by Crippen LogP contribution is -2.42. The third-order valence-corrected chi connectivity index (χ3v) is 11.7. The molecule has 9 aromatic rings. The molecule has 256 valence electrons. The Hall–Kier alpha value is -6.84. The molecule has 3 nitrogen and oxygen atoms in total. The Balaban J connectivity index is 1.09. The number of rotatable bonds is 5. The summed E-state index contributed by atoms with van der Waals surface area (Å²) in [5, 5.41) is 11.5. The minimum absolute atomic E-state index is 0.234. The van der Waals surface area contributed by atoms with Crippen LogP contribution >= 0.6 is 0 Å². The molecule has 0 saturated heterocycles. The lowest BCUT2D eigenvalue weighted by atomic mass is 9.75. The van der Waals surface area contributed by atoms with Crippen molar-refractivity contribution in [3.8, 4) is 27.9 Å². The third kappa shape index (κ3) is 4.75. The fraction of sp³-hybridized carbons (Fsp3) is 0.0588. The van der Waals surface area contributed by atoms with E-state index in [0.717, 1.165) is 16.7 Å². The van der Waals surface area contributed by atoms with Gasteiger partial charge in [0.15, 0.2) is 0 Å². The maximum atomic E-state index is 4.05. The van der Waals surface area contributed by atoms with Crippen LogP contribution in [0, 0.1) is 5.92 Å². The quantitative estimate of drug-likeness (QED) is 0.185. The Morgan fingerprint density at radius 2 is 1.30 bits per heavy atom. The fourth-order valence-corrected chi connectivity index (χ4v) is 9.04. The van der Waals surface area contributed by atoms with Gasteiger partial charge in [0.1, 0.15) is 0 Å². The summed E-state index contributed by atoms with van der Waals surface area (Å²) in [4.78, 5) is 3.62. The van der Waals surface area contributed by atoms with Crippen molar-refractivity contribution in [1.82, 2.24) is 9.55 Å². The average molecular weight is 692 g/mol. The number of nitrogens with one attached hydrogen (secondary N) is 2. The Bertz CT molecular complexity index is 3100. The predicted molar refractivity (Wildman–Crippen MR) is 230 cm³/mol. The maximum Gasteiger partial charge on any atom is 0.0634 e. The van der Waals surface area contributed by atoms with Crippen LogP contribution in [-0.4, -0.2) is 15.1 Å². The van der Waals surface area contributed by atoms with Crippen molar-refractivity contribution < 1.29 is 0 Å². The summed E-state index contributed by atoms with van der Waals surface area (Å²) in [6, 6.07) is 53.4. The molecule has 3 heteroatoms. The predicted octanol–water partition coefficient (Wildman–Crippen LogP) is 13.3. The molecule has 2 unspecified atom stereocenters.